The number of aryl methyl sites for hydroxylation is 1. The van der Waals surface area contributed by atoms with Crippen LogP contribution in [0.4, 0.5) is 0 Å². The van der Waals surface area contributed by atoms with E-state index in [9.17, 15) is 4.21 Å². The number of nitrogens with one attached hydrogen (secondary N) is 1. The number of hydrogen-bond acceptors (Lipinski definition) is 4. The van der Waals surface area contributed by atoms with Gasteiger partial charge in [0.05, 0.1) is 11.9 Å². The van der Waals surface area contributed by atoms with Crippen molar-refractivity contribution in [1.82, 2.24) is 9.78 Å². The summed E-state index contributed by atoms with van der Waals surface area (Å²) in [5, 5.41) is 11.1. The van der Waals surface area contributed by atoms with E-state index in [1.54, 1.807) is 4.68 Å². The fourth-order valence-electron chi connectivity index (χ4n) is 2.14. The topological polar surface area (TPSA) is 94.0 Å². The van der Waals surface area contributed by atoms with Crippen molar-refractivity contribution in [1.29, 1.82) is 4.78 Å². The van der Waals surface area contributed by atoms with E-state index in [0.717, 1.165) is 18.3 Å². The van der Waals surface area contributed by atoms with Crippen molar-refractivity contribution in [2.45, 2.75) is 56.8 Å². The molecule has 0 amide bonds. The summed E-state index contributed by atoms with van der Waals surface area (Å²) in [5.41, 5.74) is 0. The van der Waals surface area contributed by atoms with E-state index in [1.165, 1.54) is 0 Å². The summed E-state index contributed by atoms with van der Waals surface area (Å²) in [6, 6.07) is 0. The summed E-state index contributed by atoms with van der Waals surface area (Å²) >= 11 is 0. The molecule has 3 N–H and O–H groups in total. The molecule has 0 fully saturated rings. The Hall–Kier alpha value is -0.863. The second-order valence-corrected chi connectivity index (χ2v) is 13.7. The van der Waals surface area contributed by atoms with Gasteiger partial charge in [-0.1, -0.05) is 33.9 Å². The van der Waals surface area contributed by atoms with Crippen molar-refractivity contribution in [3.8, 4) is 5.88 Å². The first-order chi connectivity index (χ1) is 8.96. The van der Waals surface area contributed by atoms with E-state index < -0.39 is 18.0 Å². The third-order valence-corrected chi connectivity index (χ3v) is 10.8. The number of aromatic nitrogens is 2. The lowest BCUT2D eigenvalue weighted by atomic mass is 10.2. The smallest absolute Gasteiger partial charge is 0.230 e. The molecule has 8 heteroatoms. The van der Waals surface area contributed by atoms with Gasteiger partial charge in [-0.15, -0.1) is 0 Å². The molecule has 20 heavy (non-hydrogen) atoms. The van der Waals surface area contributed by atoms with Gasteiger partial charge in [0.1, 0.15) is 22.9 Å². The van der Waals surface area contributed by atoms with Gasteiger partial charge in [-0.25, -0.2) is 18.8 Å². The van der Waals surface area contributed by atoms with Gasteiger partial charge >= 0.3 is 0 Å². The Morgan fingerprint density at radius 3 is 2.55 bits per heavy atom. The van der Waals surface area contributed by atoms with Crippen molar-refractivity contribution >= 4 is 23.3 Å². The Morgan fingerprint density at radius 2 is 2.05 bits per heavy atom. The normalized spacial score (nSPS) is 19.1. The zero-order valence-electron chi connectivity index (χ0n) is 12.8. The van der Waals surface area contributed by atoms with Gasteiger partial charge in [-0.05, 0) is 5.04 Å². The molecule has 0 saturated heterocycles. The summed E-state index contributed by atoms with van der Waals surface area (Å²) in [6.45, 7) is 12.1. The van der Waals surface area contributed by atoms with E-state index in [2.05, 4.69) is 39.0 Å². The number of fused-ring (bicyclic) bond motifs is 1. The van der Waals surface area contributed by atoms with Crippen LogP contribution in [0, 0.1) is 4.78 Å². The molecule has 0 spiro atoms. The molecule has 2 heterocycles. The maximum absolute atomic E-state index is 12.2. The summed E-state index contributed by atoms with van der Waals surface area (Å²) in [5.74, 6) is 0.443. The summed E-state index contributed by atoms with van der Waals surface area (Å²) in [7, 11) is -5.39. The molecule has 0 saturated carbocycles. The highest BCUT2D eigenvalue weighted by molar-refractivity contribution is 7.90. The van der Waals surface area contributed by atoms with Gasteiger partial charge in [-0.2, -0.15) is 5.10 Å². The molecule has 114 valence electrons. The Labute approximate surface area is 121 Å². The highest BCUT2D eigenvalue weighted by Gasteiger charge is 2.44. The van der Waals surface area contributed by atoms with Crippen LogP contribution in [0.5, 0.6) is 5.88 Å². The quantitative estimate of drug-likeness (QED) is 0.812. The van der Waals surface area contributed by atoms with Crippen molar-refractivity contribution in [3.63, 3.8) is 0 Å². The summed E-state index contributed by atoms with van der Waals surface area (Å²) < 4.78 is 27.4. The molecule has 1 aliphatic heterocycles. The molecule has 0 aromatic carbocycles. The molecule has 1 atom stereocenters. The minimum absolute atomic E-state index is 0.0247. The first kappa shape index (κ1) is 15.5. The van der Waals surface area contributed by atoms with Gasteiger partial charge in [0.2, 0.25) is 5.88 Å². The molecule has 0 aliphatic carbocycles. The fourth-order valence-corrected chi connectivity index (χ4v) is 5.87. The second-order valence-electron chi connectivity index (χ2n) is 6.88. The first-order valence-electron chi connectivity index (χ1n) is 6.77. The standard InChI is InChI=1S/C12H24N4O2SSi/c1-12(2,3)20(4,5)10-9(19(13,14)17)11-16(15-10)7-6-8-18-11/h6-8H2,1-5H3,(H3,13,14,17). The highest BCUT2D eigenvalue weighted by Crippen LogP contribution is 2.38. The Bertz CT molecular complexity index is 629. The zero-order chi connectivity index (χ0) is 15.3. The van der Waals surface area contributed by atoms with Gasteiger partial charge in [0.15, 0.2) is 0 Å². The van der Waals surface area contributed by atoms with Crippen LogP contribution >= 0.6 is 0 Å². The van der Waals surface area contributed by atoms with E-state index in [-0.39, 0.29) is 5.04 Å². The summed E-state index contributed by atoms with van der Waals surface area (Å²) in [6.07, 6.45) is 0.870. The SMILES string of the molecule is CC(C)(C)[Si](C)(C)c1nn2c(c1S(=N)(N)=O)OCCC2. The molecule has 0 bridgehead atoms. The third kappa shape index (κ3) is 2.40. The van der Waals surface area contributed by atoms with Crippen LogP contribution in [0.2, 0.25) is 18.1 Å². The minimum atomic E-state index is -3.35. The Morgan fingerprint density at radius 1 is 1.45 bits per heavy atom. The maximum Gasteiger partial charge on any atom is 0.230 e. The fraction of sp³-hybridized carbons (Fsp3) is 0.750. The molecule has 1 aromatic heterocycles. The van der Waals surface area contributed by atoms with Gasteiger partial charge in [-0.3, -0.25) is 0 Å². The van der Waals surface area contributed by atoms with Crippen LogP contribution in [0.25, 0.3) is 0 Å². The van der Waals surface area contributed by atoms with E-state index in [0.29, 0.717) is 17.4 Å². The molecule has 1 aliphatic rings. The van der Waals surface area contributed by atoms with Crippen molar-refractivity contribution in [3.05, 3.63) is 0 Å². The predicted octanol–water partition coefficient (Wildman–Crippen LogP) is 1.66. The van der Waals surface area contributed by atoms with E-state index in [1.807, 2.05) is 0 Å². The molecular weight excluding hydrogens is 292 g/mol. The van der Waals surface area contributed by atoms with Gasteiger partial charge < -0.3 is 4.74 Å². The lowest BCUT2D eigenvalue weighted by Crippen LogP contribution is -2.52. The average Bonchev–Trinajstić information content (AvgIpc) is 2.66. The second kappa shape index (κ2) is 4.57. The maximum atomic E-state index is 12.2. The van der Waals surface area contributed by atoms with Crippen LogP contribution in [-0.4, -0.2) is 28.7 Å². The number of nitrogens with two attached hydrogens (primary N) is 1. The van der Waals surface area contributed by atoms with Gasteiger partial charge in [0, 0.05) is 13.0 Å². The van der Waals surface area contributed by atoms with E-state index >= 15 is 0 Å². The minimum Gasteiger partial charge on any atom is -0.477 e. The van der Waals surface area contributed by atoms with Crippen molar-refractivity contribution in [2.75, 3.05) is 6.61 Å². The zero-order valence-corrected chi connectivity index (χ0v) is 14.6. The highest BCUT2D eigenvalue weighted by atomic mass is 32.2. The molecule has 2 rings (SSSR count). The monoisotopic (exact) mass is 316 g/mol. The summed E-state index contributed by atoms with van der Waals surface area (Å²) in [4.78, 5) is 0.323. The molecule has 1 unspecified atom stereocenters. The van der Waals surface area contributed by atoms with Crippen LogP contribution in [0.3, 0.4) is 0 Å². The molecule has 1 aromatic rings. The Kier molecular flexibility index (Phi) is 3.55. The van der Waals surface area contributed by atoms with Gasteiger partial charge in [0.25, 0.3) is 0 Å². The van der Waals surface area contributed by atoms with Crippen LogP contribution < -0.4 is 15.2 Å². The molecular formula is C12H24N4O2SSi. The lowest BCUT2D eigenvalue weighted by molar-refractivity contribution is 0.224. The lowest BCUT2D eigenvalue weighted by Gasteiger charge is -2.35. The molecule has 6 nitrogen and oxygen atoms in total. The third-order valence-electron chi connectivity index (χ3n) is 4.39. The first-order valence-corrected chi connectivity index (χ1v) is 11.4. The number of hydrogen-bond donors (Lipinski definition) is 2. The van der Waals surface area contributed by atoms with Crippen LogP contribution in [0.1, 0.15) is 27.2 Å². The number of rotatable bonds is 2. The predicted molar refractivity (Wildman–Crippen MR) is 82.5 cm³/mol. The van der Waals surface area contributed by atoms with Crippen LogP contribution in [0.15, 0.2) is 4.90 Å². The number of ether oxygens (including phenoxy) is 1. The van der Waals surface area contributed by atoms with Crippen LogP contribution in [-0.2, 0) is 16.5 Å². The van der Waals surface area contributed by atoms with E-state index in [4.69, 9.17) is 14.7 Å². The largest absolute Gasteiger partial charge is 0.477 e. The molecule has 0 radical (unpaired) electrons. The number of nitrogens with zero attached hydrogens (tertiary/aromatic N) is 2. The average molecular weight is 317 g/mol. The van der Waals surface area contributed by atoms with Crippen molar-refractivity contribution in [2.24, 2.45) is 5.14 Å². The Balaban J connectivity index is 2.75. The van der Waals surface area contributed by atoms with Crippen molar-refractivity contribution < 1.29 is 8.95 Å².